The van der Waals surface area contributed by atoms with Crippen LogP contribution in [0.15, 0.2) is 11.6 Å². The van der Waals surface area contributed by atoms with E-state index in [1.807, 2.05) is 0 Å². The fourth-order valence-electron chi connectivity index (χ4n) is 0.653. The Bertz CT molecular complexity index is 195. The topological polar surface area (TPSA) is 43.4 Å². The van der Waals surface area contributed by atoms with Gasteiger partial charge in [-0.25, -0.2) is 4.79 Å². The zero-order valence-corrected chi connectivity index (χ0v) is 5.01. The number of allylic oxidation sites excluding steroid dienone is 1. The molecule has 0 aromatic heterocycles. The second-order valence-corrected chi connectivity index (χ2v) is 1.75. The predicted molar refractivity (Wildman–Crippen MR) is 36.6 cm³/mol. The molecule has 0 aliphatic carbocycles. The van der Waals surface area contributed by atoms with Gasteiger partial charge in [0.15, 0.2) is 0 Å². The van der Waals surface area contributed by atoms with Gasteiger partial charge in [0.2, 0.25) is 0 Å². The first kappa shape index (κ1) is 9.48. The van der Waals surface area contributed by atoms with E-state index in [1.165, 1.54) is 0 Å². The SMILES string of the molecule is CC=C1CC(=O)OC1=O.[LiH]. The Morgan fingerprint density at radius 2 is 2.10 bits per heavy atom. The number of carbonyl (C=O) groups excluding carboxylic acids is 2. The van der Waals surface area contributed by atoms with Gasteiger partial charge in [0.05, 0.1) is 6.42 Å². The maximum absolute atomic E-state index is 10.5. The zero-order valence-electron chi connectivity index (χ0n) is 5.01. The molecule has 0 aromatic rings. The first-order valence-electron chi connectivity index (χ1n) is 2.64. The Morgan fingerprint density at radius 3 is 2.30 bits per heavy atom. The quantitative estimate of drug-likeness (QED) is 0.199. The molecule has 0 N–H and O–H groups in total. The van der Waals surface area contributed by atoms with Crippen molar-refractivity contribution in [3.8, 4) is 0 Å². The summed E-state index contributed by atoms with van der Waals surface area (Å²) in [6.45, 7) is 1.70. The van der Waals surface area contributed by atoms with E-state index in [4.69, 9.17) is 0 Å². The molecule has 0 bridgehead atoms. The average molecular weight is 134 g/mol. The fraction of sp³-hybridized carbons (Fsp3) is 0.333. The van der Waals surface area contributed by atoms with Crippen LogP contribution in [-0.2, 0) is 14.3 Å². The van der Waals surface area contributed by atoms with Gasteiger partial charge in [0.25, 0.3) is 0 Å². The minimum absolute atomic E-state index is 0. The van der Waals surface area contributed by atoms with Crippen LogP contribution in [0, 0.1) is 0 Å². The standard InChI is InChI=1S/C6H6O3.Li.H/c1-2-4-3-5(7)9-6(4)8;;/h2H,3H2,1H3;;. The molecule has 0 aromatic carbocycles. The number of ether oxygens (including phenoxy) is 1. The molecule has 0 amide bonds. The second-order valence-electron chi connectivity index (χ2n) is 1.75. The van der Waals surface area contributed by atoms with Gasteiger partial charge in [0, 0.05) is 5.57 Å². The van der Waals surface area contributed by atoms with Crippen LogP contribution >= 0.6 is 0 Å². The van der Waals surface area contributed by atoms with Crippen molar-refractivity contribution < 1.29 is 14.3 Å². The number of hydrogen-bond acceptors (Lipinski definition) is 3. The Balaban J connectivity index is 0.000000810. The molecule has 0 radical (unpaired) electrons. The monoisotopic (exact) mass is 134 g/mol. The molecule has 1 aliphatic heterocycles. The Hall–Kier alpha value is -0.523. The minimum atomic E-state index is -0.498. The summed E-state index contributed by atoms with van der Waals surface area (Å²) in [7, 11) is 0. The maximum atomic E-state index is 10.5. The van der Waals surface area contributed by atoms with Crippen molar-refractivity contribution in [2.75, 3.05) is 0 Å². The van der Waals surface area contributed by atoms with Crippen molar-refractivity contribution >= 4 is 30.8 Å². The van der Waals surface area contributed by atoms with Gasteiger partial charge in [-0.3, -0.25) is 4.79 Å². The van der Waals surface area contributed by atoms with Gasteiger partial charge in [-0.2, -0.15) is 0 Å². The molecule has 4 heteroatoms. The van der Waals surface area contributed by atoms with Crippen molar-refractivity contribution in [2.24, 2.45) is 0 Å². The number of carbonyl (C=O) groups is 2. The van der Waals surface area contributed by atoms with Gasteiger partial charge >= 0.3 is 30.8 Å². The van der Waals surface area contributed by atoms with Gasteiger partial charge in [-0.1, -0.05) is 6.08 Å². The van der Waals surface area contributed by atoms with Crippen LogP contribution < -0.4 is 0 Å². The molecule has 0 atom stereocenters. The number of cyclic esters (lactones) is 2. The molecule has 1 aliphatic rings. The van der Waals surface area contributed by atoms with E-state index in [0.29, 0.717) is 5.57 Å². The second kappa shape index (κ2) is 3.60. The van der Waals surface area contributed by atoms with Crippen molar-refractivity contribution in [1.82, 2.24) is 0 Å². The summed E-state index contributed by atoms with van der Waals surface area (Å²) >= 11 is 0. The third-order valence-electron chi connectivity index (χ3n) is 1.15. The summed E-state index contributed by atoms with van der Waals surface area (Å²) in [5.41, 5.74) is 0.458. The Morgan fingerprint density at radius 1 is 1.50 bits per heavy atom. The van der Waals surface area contributed by atoms with Crippen LogP contribution in [-0.4, -0.2) is 30.8 Å². The first-order chi connectivity index (χ1) is 4.24. The molecule has 0 unspecified atom stereocenters. The van der Waals surface area contributed by atoms with Crippen LogP contribution in [0.3, 0.4) is 0 Å². The van der Waals surface area contributed by atoms with E-state index in [-0.39, 0.29) is 25.3 Å². The van der Waals surface area contributed by atoms with Gasteiger partial charge in [0.1, 0.15) is 0 Å². The van der Waals surface area contributed by atoms with Gasteiger partial charge in [-0.15, -0.1) is 0 Å². The van der Waals surface area contributed by atoms with Gasteiger partial charge in [-0.05, 0) is 6.92 Å². The van der Waals surface area contributed by atoms with Crippen molar-refractivity contribution in [3.63, 3.8) is 0 Å². The molecule has 1 heterocycles. The number of hydrogen-bond donors (Lipinski definition) is 0. The normalized spacial score (nSPS) is 20.7. The van der Waals surface area contributed by atoms with Gasteiger partial charge < -0.3 is 4.74 Å². The Kier molecular flexibility index (Phi) is 3.41. The van der Waals surface area contributed by atoms with Crippen LogP contribution in [0.25, 0.3) is 0 Å². The molecular weight excluding hydrogens is 127 g/mol. The van der Waals surface area contributed by atoms with E-state index < -0.39 is 11.9 Å². The van der Waals surface area contributed by atoms with Crippen LogP contribution in [0.2, 0.25) is 0 Å². The molecule has 0 saturated carbocycles. The third-order valence-corrected chi connectivity index (χ3v) is 1.15. The van der Waals surface area contributed by atoms with E-state index in [1.54, 1.807) is 13.0 Å². The molecule has 0 spiro atoms. The molecule has 3 nitrogen and oxygen atoms in total. The molecule has 50 valence electrons. The van der Waals surface area contributed by atoms with Crippen LogP contribution in [0.4, 0.5) is 0 Å². The summed E-state index contributed by atoms with van der Waals surface area (Å²) < 4.78 is 4.22. The summed E-state index contributed by atoms with van der Waals surface area (Å²) in [6.07, 6.45) is 1.72. The molecule has 1 saturated heterocycles. The van der Waals surface area contributed by atoms with Crippen LogP contribution in [0.1, 0.15) is 13.3 Å². The number of rotatable bonds is 0. The molecule has 1 fully saturated rings. The van der Waals surface area contributed by atoms with E-state index in [2.05, 4.69) is 4.74 Å². The van der Waals surface area contributed by atoms with E-state index >= 15 is 0 Å². The van der Waals surface area contributed by atoms with Crippen molar-refractivity contribution in [1.29, 1.82) is 0 Å². The summed E-state index contributed by atoms with van der Waals surface area (Å²) in [5.74, 6) is -0.949. The number of esters is 2. The summed E-state index contributed by atoms with van der Waals surface area (Å²) in [5, 5.41) is 0. The third kappa shape index (κ3) is 1.73. The average Bonchev–Trinajstić information content (AvgIpc) is 2.10. The summed E-state index contributed by atoms with van der Waals surface area (Å²) in [6, 6.07) is 0. The molecular formula is C6H7LiO3. The first-order valence-corrected chi connectivity index (χ1v) is 2.64. The van der Waals surface area contributed by atoms with E-state index in [0.717, 1.165) is 0 Å². The van der Waals surface area contributed by atoms with Crippen molar-refractivity contribution in [3.05, 3.63) is 11.6 Å². The predicted octanol–water partition coefficient (Wildman–Crippen LogP) is -0.242. The molecule has 10 heavy (non-hydrogen) atoms. The zero-order chi connectivity index (χ0) is 6.85. The fourth-order valence-corrected chi connectivity index (χ4v) is 0.653. The molecule has 1 rings (SSSR count). The summed E-state index contributed by atoms with van der Waals surface area (Å²) in [4.78, 5) is 20.8. The van der Waals surface area contributed by atoms with Crippen molar-refractivity contribution in [2.45, 2.75) is 13.3 Å². The van der Waals surface area contributed by atoms with Crippen LogP contribution in [0.5, 0.6) is 0 Å². The Labute approximate surface area is 70.6 Å². The van der Waals surface area contributed by atoms with E-state index in [9.17, 15) is 9.59 Å².